The van der Waals surface area contributed by atoms with E-state index in [2.05, 4.69) is 9.98 Å². The highest BCUT2D eigenvalue weighted by Crippen LogP contribution is 2.42. The van der Waals surface area contributed by atoms with Crippen molar-refractivity contribution in [3.8, 4) is 5.75 Å². The number of guanidine groups is 2. The van der Waals surface area contributed by atoms with Crippen LogP contribution in [0.15, 0.2) is 28.2 Å². The first-order valence-corrected chi connectivity index (χ1v) is 7.94. The number of aliphatic imine (C=N–C) groups is 2. The van der Waals surface area contributed by atoms with E-state index in [1.807, 2.05) is 4.90 Å². The number of amides is 1. The SMILES string of the molecule is COc1ccc(C(N)=O)cc1N1C(N)=NC(N)=NC12CCCCC2. The van der Waals surface area contributed by atoms with Crippen molar-refractivity contribution in [1.29, 1.82) is 0 Å². The molecule has 1 aromatic rings. The molecule has 1 saturated carbocycles. The summed E-state index contributed by atoms with van der Waals surface area (Å²) >= 11 is 0. The number of hydrogen-bond donors (Lipinski definition) is 3. The fourth-order valence-corrected chi connectivity index (χ4v) is 3.49. The van der Waals surface area contributed by atoms with Crippen molar-refractivity contribution in [1.82, 2.24) is 0 Å². The van der Waals surface area contributed by atoms with Crippen molar-refractivity contribution in [2.24, 2.45) is 27.2 Å². The van der Waals surface area contributed by atoms with Gasteiger partial charge in [-0.2, -0.15) is 4.99 Å². The molecule has 128 valence electrons. The highest BCUT2D eigenvalue weighted by atomic mass is 16.5. The second-order valence-corrected chi connectivity index (χ2v) is 6.07. The second-order valence-electron chi connectivity index (χ2n) is 6.07. The lowest BCUT2D eigenvalue weighted by molar-refractivity contribution is 0.1000. The molecule has 1 amide bonds. The van der Waals surface area contributed by atoms with Gasteiger partial charge in [0.05, 0.1) is 12.8 Å². The van der Waals surface area contributed by atoms with Gasteiger partial charge in [-0.15, -0.1) is 0 Å². The van der Waals surface area contributed by atoms with Gasteiger partial charge < -0.3 is 21.9 Å². The van der Waals surface area contributed by atoms with Crippen LogP contribution in [-0.4, -0.2) is 30.6 Å². The number of ether oxygens (including phenoxy) is 1. The third kappa shape index (κ3) is 2.64. The van der Waals surface area contributed by atoms with E-state index < -0.39 is 11.6 Å². The molecule has 1 aromatic carbocycles. The number of anilines is 1. The standard InChI is InChI=1S/C16H22N6O2/c1-24-12-6-5-10(13(17)23)9-11(12)22-15(19)20-14(18)21-16(22)7-3-2-4-8-16/h5-6,9H,2-4,7-8H2,1H3,(H2,17,23)(H4,18,19,20,21). The van der Waals surface area contributed by atoms with Gasteiger partial charge in [0.15, 0.2) is 0 Å². The molecular formula is C16H22N6O2. The van der Waals surface area contributed by atoms with Crippen LogP contribution in [0.2, 0.25) is 0 Å². The number of benzene rings is 1. The van der Waals surface area contributed by atoms with Gasteiger partial charge >= 0.3 is 0 Å². The Kier molecular flexibility index (Phi) is 4.04. The number of nitrogens with two attached hydrogens (primary N) is 3. The average Bonchev–Trinajstić information content (AvgIpc) is 2.54. The monoisotopic (exact) mass is 330 g/mol. The van der Waals surface area contributed by atoms with E-state index in [4.69, 9.17) is 21.9 Å². The van der Waals surface area contributed by atoms with Crippen molar-refractivity contribution >= 4 is 23.5 Å². The molecule has 0 radical (unpaired) electrons. The van der Waals surface area contributed by atoms with Gasteiger partial charge in [0.2, 0.25) is 17.8 Å². The molecule has 1 fully saturated rings. The summed E-state index contributed by atoms with van der Waals surface area (Å²) in [5.41, 5.74) is 17.9. The van der Waals surface area contributed by atoms with Crippen LogP contribution in [0.5, 0.6) is 5.75 Å². The average molecular weight is 330 g/mol. The van der Waals surface area contributed by atoms with Crippen LogP contribution < -0.4 is 26.8 Å². The Labute approximate surface area is 140 Å². The van der Waals surface area contributed by atoms with Gasteiger partial charge in [-0.25, -0.2) is 4.99 Å². The number of nitrogens with zero attached hydrogens (tertiary/aromatic N) is 3. The summed E-state index contributed by atoms with van der Waals surface area (Å²) in [5, 5.41) is 0. The summed E-state index contributed by atoms with van der Waals surface area (Å²) in [5.74, 6) is 0.464. The number of rotatable bonds is 3. The molecule has 8 nitrogen and oxygen atoms in total. The van der Waals surface area contributed by atoms with Crippen LogP contribution in [0.3, 0.4) is 0 Å². The van der Waals surface area contributed by atoms with Crippen LogP contribution in [-0.2, 0) is 0 Å². The van der Waals surface area contributed by atoms with E-state index in [0.717, 1.165) is 32.1 Å². The van der Waals surface area contributed by atoms with Crippen LogP contribution >= 0.6 is 0 Å². The fourth-order valence-electron chi connectivity index (χ4n) is 3.49. The zero-order valence-corrected chi connectivity index (χ0v) is 13.7. The third-order valence-corrected chi connectivity index (χ3v) is 4.56. The van der Waals surface area contributed by atoms with Gasteiger partial charge in [-0.3, -0.25) is 9.69 Å². The molecule has 0 bridgehead atoms. The predicted octanol–water partition coefficient (Wildman–Crippen LogP) is 0.904. The highest BCUT2D eigenvalue weighted by molar-refractivity contribution is 6.07. The molecule has 1 aliphatic carbocycles. The normalized spacial score (nSPS) is 19.6. The number of carbonyl (C=O) groups is 1. The Morgan fingerprint density at radius 3 is 2.58 bits per heavy atom. The van der Waals surface area contributed by atoms with E-state index in [1.54, 1.807) is 25.3 Å². The fraction of sp³-hybridized carbons (Fsp3) is 0.438. The predicted molar refractivity (Wildman–Crippen MR) is 93.1 cm³/mol. The van der Waals surface area contributed by atoms with Crippen molar-refractivity contribution in [2.75, 3.05) is 12.0 Å². The first-order valence-electron chi connectivity index (χ1n) is 7.94. The maximum Gasteiger partial charge on any atom is 0.248 e. The molecule has 8 heteroatoms. The summed E-state index contributed by atoms with van der Waals surface area (Å²) < 4.78 is 5.46. The molecule has 1 spiro atoms. The van der Waals surface area contributed by atoms with E-state index in [-0.39, 0.29) is 11.9 Å². The largest absolute Gasteiger partial charge is 0.495 e. The van der Waals surface area contributed by atoms with Gasteiger partial charge in [0.1, 0.15) is 11.4 Å². The summed E-state index contributed by atoms with van der Waals surface area (Å²) in [6.45, 7) is 0. The maximum absolute atomic E-state index is 11.6. The smallest absolute Gasteiger partial charge is 0.248 e. The molecule has 0 atom stereocenters. The van der Waals surface area contributed by atoms with Gasteiger partial charge in [0, 0.05) is 5.56 Å². The minimum Gasteiger partial charge on any atom is -0.495 e. The lowest BCUT2D eigenvalue weighted by atomic mass is 9.87. The number of hydrogen-bond acceptors (Lipinski definition) is 7. The first kappa shape index (κ1) is 16.1. The van der Waals surface area contributed by atoms with E-state index >= 15 is 0 Å². The van der Waals surface area contributed by atoms with Crippen LogP contribution in [0.1, 0.15) is 42.5 Å². The zero-order chi connectivity index (χ0) is 17.3. The van der Waals surface area contributed by atoms with Crippen molar-refractivity contribution in [3.05, 3.63) is 23.8 Å². The minimum atomic E-state index is -0.599. The van der Waals surface area contributed by atoms with Gasteiger partial charge in [-0.1, -0.05) is 6.42 Å². The Morgan fingerprint density at radius 1 is 1.25 bits per heavy atom. The molecule has 0 saturated heterocycles. The molecule has 0 aromatic heterocycles. The molecule has 0 unspecified atom stereocenters. The Bertz CT molecular complexity index is 721. The van der Waals surface area contributed by atoms with E-state index in [9.17, 15) is 4.79 Å². The van der Waals surface area contributed by atoms with Crippen molar-refractivity contribution in [3.63, 3.8) is 0 Å². The Morgan fingerprint density at radius 2 is 1.96 bits per heavy atom. The lowest BCUT2D eigenvalue weighted by Crippen LogP contribution is -2.58. The number of carbonyl (C=O) groups excluding carboxylic acids is 1. The summed E-state index contributed by atoms with van der Waals surface area (Å²) in [4.78, 5) is 22.1. The molecule has 24 heavy (non-hydrogen) atoms. The highest BCUT2D eigenvalue weighted by Gasteiger charge is 2.43. The maximum atomic E-state index is 11.6. The molecule has 6 N–H and O–H groups in total. The van der Waals surface area contributed by atoms with Crippen LogP contribution in [0.4, 0.5) is 5.69 Å². The Balaban J connectivity index is 2.16. The molecule has 1 heterocycles. The van der Waals surface area contributed by atoms with Gasteiger partial charge in [-0.05, 0) is 43.9 Å². The van der Waals surface area contributed by atoms with E-state index in [0.29, 0.717) is 17.0 Å². The van der Waals surface area contributed by atoms with Crippen LogP contribution in [0.25, 0.3) is 0 Å². The van der Waals surface area contributed by atoms with Crippen molar-refractivity contribution in [2.45, 2.75) is 37.8 Å². The number of methoxy groups -OCH3 is 1. The Hall–Kier alpha value is -2.77. The summed E-state index contributed by atoms with van der Waals surface area (Å²) in [7, 11) is 1.56. The van der Waals surface area contributed by atoms with Crippen molar-refractivity contribution < 1.29 is 9.53 Å². The topological polar surface area (TPSA) is 132 Å². The van der Waals surface area contributed by atoms with Crippen LogP contribution in [0, 0.1) is 0 Å². The number of primary amides is 1. The first-order chi connectivity index (χ1) is 11.5. The van der Waals surface area contributed by atoms with Gasteiger partial charge in [0.25, 0.3) is 0 Å². The molecule has 3 rings (SSSR count). The lowest BCUT2D eigenvalue weighted by Gasteiger charge is -2.45. The quantitative estimate of drug-likeness (QED) is 0.757. The molecule has 1 aliphatic heterocycles. The summed E-state index contributed by atoms with van der Waals surface area (Å²) in [6.07, 6.45) is 4.76. The molecular weight excluding hydrogens is 308 g/mol. The third-order valence-electron chi connectivity index (χ3n) is 4.56. The minimum absolute atomic E-state index is 0.177. The molecule has 2 aliphatic rings. The summed E-state index contributed by atoms with van der Waals surface area (Å²) in [6, 6.07) is 4.98. The van der Waals surface area contributed by atoms with E-state index in [1.165, 1.54) is 0 Å². The second kappa shape index (κ2) is 6.03. The zero-order valence-electron chi connectivity index (χ0n) is 13.7.